The van der Waals surface area contributed by atoms with Crippen molar-refractivity contribution in [1.82, 2.24) is 0 Å². The Hall–Kier alpha value is -1.03. The maximum atomic E-state index is 11.3. The van der Waals surface area contributed by atoms with Crippen LogP contribution in [0.25, 0.3) is 0 Å². The first kappa shape index (κ1) is 10.5. The molecule has 15 heavy (non-hydrogen) atoms. The smallest absolute Gasteiger partial charge is 0.314 e. The molecule has 0 saturated heterocycles. The van der Waals surface area contributed by atoms with Crippen molar-refractivity contribution in [2.24, 2.45) is 5.92 Å². The van der Waals surface area contributed by atoms with Crippen LogP contribution in [0.15, 0.2) is 22.7 Å². The van der Waals surface area contributed by atoms with E-state index in [1.165, 1.54) is 0 Å². The Morgan fingerprint density at radius 2 is 2.27 bits per heavy atom. The van der Waals surface area contributed by atoms with Crippen LogP contribution >= 0.6 is 15.9 Å². The van der Waals surface area contributed by atoms with Crippen LogP contribution in [0.1, 0.15) is 18.9 Å². The molecule has 80 valence electrons. The van der Waals surface area contributed by atoms with Crippen molar-refractivity contribution in [1.29, 1.82) is 0 Å². The summed E-state index contributed by atoms with van der Waals surface area (Å²) in [5, 5.41) is 9.27. The van der Waals surface area contributed by atoms with Gasteiger partial charge in [0.15, 0.2) is 0 Å². The molecule has 1 aliphatic carbocycles. The number of hydrogen-bond donors (Lipinski definition) is 2. The van der Waals surface area contributed by atoms with Crippen molar-refractivity contribution >= 4 is 27.6 Å². The minimum atomic E-state index is -0.778. The predicted molar refractivity (Wildman–Crippen MR) is 61.6 cm³/mol. The van der Waals surface area contributed by atoms with E-state index in [9.17, 15) is 9.90 Å². The van der Waals surface area contributed by atoms with E-state index in [0.717, 1.165) is 10.0 Å². The van der Waals surface area contributed by atoms with Crippen molar-refractivity contribution in [3.05, 3.63) is 28.2 Å². The normalized spacial score (nSPS) is 28.8. The van der Waals surface area contributed by atoms with E-state index in [1.807, 2.05) is 19.1 Å². The standard InChI is InChI=1S/C11H12BrNO2/c1-6-5-11(6,10(14)15)8-4-7(12)2-3-9(8)13/h2-4,6H,5,13H2,1H3,(H,14,15). The molecular weight excluding hydrogens is 258 g/mol. The van der Waals surface area contributed by atoms with Crippen LogP contribution in [0, 0.1) is 5.92 Å². The van der Waals surface area contributed by atoms with Crippen LogP contribution in [0.5, 0.6) is 0 Å². The lowest BCUT2D eigenvalue weighted by Gasteiger charge is -2.14. The van der Waals surface area contributed by atoms with Gasteiger partial charge in [0.1, 0.15) is 0 Å². The number of rotatable bonds is 2. The van der Waals surface area contributed by atoms with Crippen molar-refractivity contribution in [3.63, 3.8) is 0 Å². The zero-order valence-electron chi connectivity index (χ0n) is 8.33. The molecule has 1 saturated carbocycles. The van der Waals surface area contributed by atoms with Gasteiger partial charge in [0, 0.05) is 10.2 Å². The lowest BCUT2D eigenvalue weighted by Crippen LogP contribution is -2.23. The van der Waals surface area contributed by atoms with Crippen LogP contribution in [0.4, 0.5) is 5.69 Å². The van der Waals surface area contributed by atoms with Crippen molar-refractivity contribution in [2.75, 3.05) is 5.73 Å². The molecule has 0 radical (unpaired) electrons. The Bertz CT molecular complexity index is 433. The fourth-order valence-corrected chi connectivity index (χ4v) is 2.49. The van der Waals surface area contributed by atoms with Gasteiger partial charge in [-0.2, -0.15) is 0 Å². The average Bonchev–Trinajstić information content (AvgIpc) is 2.83. The molecule has 3 N–H and O–H groups in total. The number of hydrogen-bond acceptors (Lipinski definition) is 2. The number of carboxylic acids is 1. The van der Waals surface area contributed by atoms with E-state index in [2.05, 4.69) is 15.9 Å². The molecule has 3 nitrogen and oxygen atoms in total. The summed E-state index contributed by atoms with van der Waals surface area (Å²) in [5.41, 5.74) is 6.37. The molecular formula is C11H12BrNO2. The molecule has 2 rings (SSSR count). The highest BCUT2D eigenvalue weighted by Gasteiger charge is 2.59. The summed E-state index contributed by atoms with van der Waals surface area (Å²) in [6.07, 6.45) is 0.670. The van der Waals surface area contributed by atoms with Gasteiger partial charge in [-0.25, -0.2) is 0 Å². The van der Waals surface area contributed by atoms with Crippen LogP contribution in [-0.4, -0.2) is 11.1 Å². The van der Waals surface area contributed by atoms with Gasteiger partial charge in [-0.05, 0) is 36.1 Å². The quantitative estimate of drug-likeness (QED) is 0.811. The summed E-state index contributed by atoms with van der Waals surface area (Å²) in [5.74, 6) is -0.619. The zero-order chi connectivity index (χ0) is 11.2. The lowest BCUT2D eigenvalue weighted by molar-refractivity contribution is -0.140. The van der Waals surface area contributed by atoms with Gasteiger partial charge in [0.2, 0.25) is 0 Å². The molecule has 1 aromatic carbocycles. The molecule has 0 amide bonds. The molecule has 1 aliphatic rings. The summed E-state index contributed by atoms with van der Waals surface area (Å²) in [4.78, 5) is 11.3. The first-order chi connectivity index (χ1) is 6.98. The van der Waals surface area contributed by atoms with E-state index in [0.29, 0.717) is 12.1 Å². The van der Waals surface area contributed by atoms with Crippen LogP contribution in [0.2, 0.25) is 0 Å². The van der Waals surface area contributed by atoms with Gasteiger partial charge >= 0.3 is 5.97 Å². The summed E-state index contributed by atoms with van der Waals surface area (Å²) < 4.78 is 0.867. The van der Waals surface area contributed by atoms with E-state index in [1.54, 1.807) is 6.07 Å². The highest BCUT2D eigenvalue weighted by atomic mass is 79.9. The Kier molecular flexibility index (Phi) is 2.26. The van der Waals surface area contributed by atoms with Crippen LogP contribution in [-0.2, 0) is 10.2 Å². The third-order valence-electron chi connectivity index (χ3n) is 3.19. The van der Waals surface area contributed by atoms with Gasteiger partial charge in [-0.3, -0.25) is 4.79 Å². The van der Waals surface area contributed by atoms with Crippen molar-refractivity contribution in [3.8, 4) is 0 Å². The van der Waals surface area contributed by atoms with Gasteiger partial charge in [0.05, 0.1) is 5.41 Å². The summed E-state index contributed by atoms with van der Waals surface area (Å²) >= 11 is 3.34. The summed E-state index contributed by atoms with van der Waals surface area (Å²) in [6.45, 7) is 1.94. The molecule has 2 unspecified atom stereocenters. The minimum absolute atomic E-state index is 0.159. The van der Waals surface area contributed by atoms with Gasteiger partial charge in [-0.1, -0.05) is 22.9 Å². The van der Waals surface area contributed by atoms with E-state index < -0.39 is 11.4 Å². The monoisotopic (exact) mass is 269 g/mol. The molecule has 1 aromatic rings. The molecule has 2 atom stereocenters. The largest absolute Gasteiger partial charge is 0.481 e. The summed E-state index contributed by atoms with van der Waals surface area (Å²) in [7, 11) is 0. The van der Waals surface area contributed by atoms with E-state index >= 15 is 0 Å². The van der Waals surface area contributed by atoms with E-state index in [4.69, 9.17) is 5.73 Å². The van der Waals surface area contributed by atoms with Gasteiger partial charge < -0.3 is 10.8 Å². The predicted octanol–water partition coefficient (Wildman–Crippen LogP) is 2.39. The van der Waals surface area contributed by atoms with Crippen molar-refractivity contribution < 1.29 is 9.90 Å². The van der Waals surface area contributed by atoms with Gasteiger partial charge in [-0.15, -0.1) is 0 Å². The number of carboxylic acid groups (broad SMARTS) is 1. The van der Waals surface area contributed by atoms with E-state index in [-0.39, 0.29) is 5.92 Å². The van der Waals surface area contributed by atoms with Crippen LogP contribution in [0.3, 0.4) is 0 Å². The Morgan fingerprint density at radius 3 is 2.73 bits per heavy atom. The number of benzene rings is 1. The average molecular weight is 270 g/mol. The highest BCUT2D eigenvalue weighted by molar-refractivity contribution is 9.10. The number of nitrogens with two attached hydrogens (primary N) is 1. The molecule has 1 fully saturated rings. The minimum Gasteiger partial charge on any atom is -0.481 e. The third kappa shape index (κ3) is 1.44. The third-order valence-corrected chi connectivity index (χ3v) is 3.68. The van der Waals surface area contributed by atoms with Crippen molar-refractivity contribution in [2.45, 2.75) is 18.8 Å². The topological polar surface area (TPSA) is 63.3 Å². The highest BCUT2D eigenvalue weighted by Crippen LogP contribution is 2.56. The van der Waals surface area contributed by atoms with Crippen LogP contribution < -0.4 is 5.73 Å². The zero-order valence-corrected chi connectivity index (χ0v) is 9.91. The van der Waals surface area contributed by atoms with Gasteiger partial charge in [0.25, 0.3) is 0 Å². The fourth-order valence-electron chi connectivity index (χ4n) is 2.13. The maximum Gasteiger partial charge on any atom is 0.314 e. The molecule has 0 aliphatic heterocycles. The summed E-state index contributed by atoms with van der Waals surface area (Å²) in [6, 6.07) is 5.38. The second-order valence-corrected chi connectivity index (χ2v) is 5.03. The number of carbonyl (C=O) groups is 1. The molecule has 0 spiro atoms. The Labute approximate surface area is 96.4 Å². The Morgan fingerprint density at radius 1 is 1.67 bits per heavy atom. The second kappa shape index (κ2) is 3.23. The number of halogens is 1. The maximum absolute atomic E-state index is 11.3. The fraction of sp³-hybridized carbons (Fsp3) is 0.364. The molecule has 0 bridgehead atoms. The number of nitrogen functional groups attached to an aromatic ring is 1. The first-order valence-corrected chi connectivity index (χ1v) is 5.56. The molecule has 0 heterocycles. The number of anilines is 1. The first-order valence-electron chi connectivity index (χ1n) is 4.77. The SMILES string of the molecule is CC1CC1(C(=O)O)c1cc(Br)ccc1N. The molecule has 4 heteroatoms. The molecule has 0 aromatic heterocycles. The second-order valence-electron chi connectivity index (χ2n) is 4.11. The Balaban J connectivity index is 2.54. The lowest BCUT2D eigenvalue weighted by atomic mass is 9.92. The number of aliphatic carboxylic acids is 1.